The van der Waals surface area contributed by atoms with Crippen LogP contribution in [0.3, 0.4) is 0 Å². The van der Waals surface area contributed by atoms with Crippen LogP contribution in [0, 0.1) is 0 Å². The van der Waals surface area contributed by atoms with Gasteiger partial charge in [-0.15, -0.1) is 0 Å². The molecule has 0 aromatic carbocycles. The van der Waals surface area contributed by atoms with E-state index in [0.29, 0.717) is 17.5 Å². The Bertz CT molecular complexity index is 474. The summed E-state index contributed by atoms with van der Waals surface area (Å²) in [6.07, 6.45) is 3.97. The van der Waals surface area contributed by atoms with Crippen LogP contribution in [-0.4, -0.2) is 47.5 Å². The van der Waals surface area contributed by atoms with Crippen molar-refractivity contribution >= 4 is 23.3 Å². The summed E-state index contributed by atoms with van der Waals surface area (Å²) in [7, 11) is 1.86. The van der Waals surface area contributed by atoms with Gasteiger partial charge in [-0.3, -0.25) is 4.79 Å². The highest BCUT2D eigenvalue weighted by Gasteiger charge is 2.20. The monoisotopic (exact) mass is 296 g/mol. The number of amides is 1. The van der Waals surface area contributed by atoms with E-state index in [2.05, 4.69) is 16.9 Å². The predicted octanol–water partition coefficient (Wildman–Crippen LogP) is 2.14. The first-order chi connectivity index (χ1) is 9.60. The fourth-order valence-corrected chi connectivity index (χ4v) is 2.53. The summed E-state index contributed by atoms with van der Waals surface area (Å²) < 4.78 is 0. The Morgan fingerprint density at radius 1 is 1.40 bits per heavy atom. The molecule has 1 aromatic rings. The lowest BCUT2D eigenvalue weighted by molar-refractivity contribution is -0.128. The third kappa shape index (κ3) is 3.82. The molecule has 110 valence electrons. The minimum absolute atomic E-state index is 0.150. The van der Waals surface area contributed by atoms with E-state index in [1.807, 2.05) is 16.8 Å². The normalized spacial score (nSPS) is 14.7. The summed E-state index contributed by atoms with van der Waals surface area (Å²) in [5, 5.41) is 0.430. The maximum atomic E-state index is 12.1. The van der Waals surface area contributed by atoms with Gasteiger partial charge in [0, 0.05) is 32.6 Å². The molecule has 20 heavy (non-hydrogen) atoms. The van der Waals surface area contributed by atoms with Gasteiger partial charge in [0.05, 0.1) is 6.54 Å². The number of hydrogen-bond donors (Lipinski definition) is 0. The van der Waals surface area contributed by atoms with Crippen LogP contribution in [0.4, 0.5) is 5.82 Å². The number of nitrogens with zero attached hydrogens (tertiary/aromatic N) is 4. The predicted molar refractivity (Wildman–Crippen MR) is 80.1 cm³/mol. The minimum Gasteiger partial charge on any atom is -0.350 e. The van der Waals surface area contributed by atoms with Crippen molar-refractivity contribution in [1.82, 2.24) is 14.9 Å². The Kier molecular flexibility index (Phi) is 5.17. The molecule has 2 rings (SSSR count). The standard InChI is InChI=1S/C14H21ClN4O/c1-3-6-12-16-11(15)9-13(17-12)18(2)10-14(20)19-7-4-5-8-19/h9H,3-8,10H2,1-2H3. The molecular weight excluding hydrogens is 276 g/mol. The van der Waals surface area contributed by atoms with E-state index in [0.717, 1.165) is 44.6 Å². The SMILES string of the molecule is CCCc1nc(Cl)cc(N(C)CC(=O)N2CCCC2)n1. The van der Waals surface area contributed by atoms with Gasteiger partial charge in [0.1, 0.15) is 16.8 Å². The van der Waals surface area contributed by atoms with E-state index in [9.17, 15) is 4.79 Å². The summed E-state index contributed by atoms with van der Waals surface area (Å²) in [6.45, 7) is 4.15. The van der Waals surface area contributed by atoms with Crippen molar-refractivity contribution in [1.29, 1.82) is 0 Å². The number of anilines is 1. The van der Waals surface area contributed by atoms with Crippen LogP contribution < -0.4 is 4.90 Å². The van der Waals surface area contributed by atoms with Crippen molar-refractivity contribution in [3.8, 4) is 0 Å². The van der Waals surface area contributed by atoms with E-state index < -0.39 is 0 Å². The number of halogens is 1. The van der Waals surface area contributed by atoms with Crippen LogP contribution in [0.1, 0.15) is 32.0 Å². The number of aromatic nitrogens is 2. The molecular formula is C14H21ClN4O. The number of likely N-dealkylation sites (tertiary alicyclic amines) is 1. The molecule has 1 fully saturated rings. The Morgan fingerprint density at radius 3 is 2.75 bits per heavy atom. The number of aryl methyl sites for hydroxylation is 1. The van der Waals surface area contributed by atoms with E-state index in [1.54, 1.807) is 6.07 Å². The topological polar surface area (TPSA) is 49.3 Å². The van der Waals surface area contributed by atoms with Crippen LogP contribution in [0.25, 0.3) is 0 Å². The second-order valence-electron chi connectivity index (χ2n) is 5.16. The Balaban J connectivity index is 2.04. The molecule has 0 bridgehead atoms. The fraction of sp³-hybridized carbons (Fsp3) is 0.643. The molecule has 1 amide bonds. The second kappa shape index (κ2) is 6.88. The molecule has 1 aliphatic rings. The molecule has 0 N–H and O–H groups in total. The van der Waals surface area contributed by atoms with Gasteiger partial charge in [-0.25, -0.2) is 9.97 Å². The Morgan fingerprint density at radius 2 is 2.10 bits per heavy atom. The van der Waals surface area contributed by atoms with Crippen molar-refractivity contribution < 1.29 is 4.79 Å². The first kappa shape index (κ1) is 15.0. The van der Waals surface area contributed by atoms with Crippen LogP contribution in [0.5, 0.6) is 0 Å². The van der Waals surface area contributed by atoms with Crippen LogP contribution in [0.2, 0.25) is 5.15 Å². The number of carbonyl (C=O) groups excluding carboxylic acids is 1. The number of likely N-dealkylation sites (N-methyl/N-ethyl adjacent to an activating group) is 1. The van der Waals surface area contributed by atoms with Gasteiger partial charge in [0.25, 0.3) is 0 Å². The summed E-state index contributed by atoms with van der Waals surface area (Å²) in [4.78, 5) is 24.5. The molecule has 0 unspecified atom stereocenters. The lowest BCUT2D eigenvalue weighted by Gasteiger charge is -2.22. The average molecular weight is 297 g/mol. The lowest BCUT2D eigenvalue weighted by Crippen LogP contribution is -2.37. The number of rotatable bonds is 5. The summed E-state index contributed by atoms with van der Waals surface area (Å²) >= 11 is 6.02. The number of hydrogen-bond acceptors (Lipinski definition) is 4. The zero-order chi connectivity index (χ0) is 14.5. The summed E-state index contributed by atoms with van der Waals surface area (Å²) in [5.41, 5.74) is 0. The minimum atomic E-state index is 0.150. The maximum Gasteiger partial charge on any atom is 0.242 e. The molecule has 0 saturated carbocycles. The molecule has 0 radical (unpaired) electrons. The van der Waals surface area contributed by atoms with Crippen LogP contribution in [-0.2, 0) is 11.2 Å². The molecule has 6 heteroatoms. The Hall–Kier alpha value is -1.36. The average Bonchev–Trinajstić information content (AvgIpc) is 2.92. The zero-order valence-corrected chi connectivity index (χ0v) is 12.9. The van der Waals surface area contributed by atoms with Crippen molar-refractivity contribution in [2.24, 2.45) is 0 Å². The van der Waals surface area contributed by atoms with Crippen LogP contribution >= 0.6 is 11.6 Å². The van der Waals surface area contributed by atoms with Crippen molar-refractivity contribution in [2.45, 2.75) is 32.6 Å². The van der Waals surface area contributed by atoms with Crippen molar-refractivity contribution in [3.05, 3.63) is 17.0 Å². The Labute approximate surface area is 124 Å². The molecule has 2 heterocycles. The highest BCUT2D eigenvalue weighted by Crippen LogP contribution is 2.16. The van der Waals surface area contributed by atoms with Gasteiger partial charge in [-0.1, -0.05) is 18.5 Å². The van der Waals surface area contributed by atoms with Gasteiger partial charge < -0.3 is 9.80 Å². The van der Waals surface area contributed by atoms with Crippen molar-refractivity contribution in [3.63, 3.8) is 0 Å². The van der Waals surface area contributed by atoms with E-state index >= 15 is 0 Å². The maximum absolute atomic E-state index is 12.1. The van der Waals surface area contributed by atoms with E-state index in [1.165, 1.54) is 0 Å². The molecule has 1 saturated heterocycles. The largest absolute Gasteiger partial charge is 0.350 e. The van der Waals surface area contributed by atoms with Gasteiger partial charge in [-0.2, -0.15) is 0 Å². The third-order valence-corrected chi connectivity index (χ3v) is 3.62. The molecule has 0 atom stereocenters. The molecule has 0 aliphatic carbocycles. The second-order valence-corrected chi connectivity index (χ2v) is 5.55. The molecule has 0 spiro atoms. The highest BCUT2D eigenvalue weighted by molar-refractivity contribution is 6.29. The first-order valence-corrected chi connectivity index (χ1v) is 7.50. The van der Waals surface area contributed by atoms with Crippen molar-refractivity contribution in [2.75, 3.05) is 31.6 Å². The summed E-state index contributed by atoms with van der Waals surface area (Å²) in [6, 6.07) is 1.71. The smallest absolute Gasteiger partial charge is 0.242 e. The van der Waals surface area contributed by atoms with Gasteiger partial charge in [-0.05, 0) is 19.3 Å². The highest BCUT2D eigenvalue weighted by atomic mass is 35.5. The fourth-order valence-electron chi connectivity index (χ4n) is 2.33. The van der Waals surface area contributed by atoms with Gasteiger partial charge in [0.15, 0.2) is 0 Å². The molecule has 5 nitrogen and oxygen atoms in total. The van der Waals surface area contributed by atoms with Crippen LogP contribution in [0.15, 0.2) is 6.07 Å². The molecule has 1 aliphatic heterocycles. The number of carbonyl (C=O) groups is 1. The third-order valence-electron chi connectivity index (χ3n) is 3.42. The van der Waals surface area contributed by atoms with Gasteiger partial charge in [0.2, 0.25) is 5.91 Å². The molecule has 1 aromatic heterocycles. The van der Waals surface area contributed by atoms with Gasteiger partial charge >= 0.3 is 0 Å². The zero-order valence-electron chi connectivity index (χ0n) is 12.1. The summed E-state index contributed by atoms with van der Waals surface area (Å²) in [5.74, 6) is 1.59. The quantitative estimate of drug-likeness (QED) is 0.781. The first-order valence-electron chi connectivity index (χ1n) is 7.12. The van der Waals surface area contributed by atoms with E-state index in [4.69, 9.17) is 11.6 Å². The van der Waals surface area contributed by atoms with E-state index in [-0.39, 0.29) is 5.91 Å². The lowest BCUT2D eigenvalue weighted by atomic mass is 10.3.